The van der Waals surface area contributed by atoms with Gasteiger partial charge in [0.05, 0.1) is 6.54 Å². The molecule has 0 aliphatic carbocycles. The molecule has 1 aromatic heterocycles. The van der Waals surface area contributed by atoms with Gasteiger partial charge >= 0.3 is 5.97 Å². The van der Waals surface area contributed by atoms with E-state index >= 15 is 0 Å². The fraction of sp³-hybridized carbons (Fsp3) is 0.267. The molecular weight excluding hydrogens is 320 g/mol. The molecule has 120 valence electrons. The van der Waals surface area contributed by atoms with Crippen LogP contribution in [0.5, 0.6) is 11.5 Å². The summed E-state index contributed by atoms with van der Waals surface area (Å²) in [7, 11) is 0. The van der Waals surface area contributed by atoms with E-state index in [4.69, 9.17) is 14.6 Å². The van der Waals surface area contributed by atoms with Crippen molar-refractivity contribution in [3.05, 3.63) is 40.3 Å². The Labute approximate surface area is 135 Å². The highest BCUT2D eigenvalue weighted by molar-refractivity contribution is 7.09. The van der Waals surface area contributed by atoms with Gasteiger partial charge in [-0.1, -0.05) is 12.1 Å². The van der Waals surface area contributed by atoms with Crippen molar-refractivity contribution in [3.63, 3.8) is 0 Å². The Balaban J connectivity index is 1.63. The van der Waals surface area contributed by atoms with Crippen molar-refractivity contribution in [2.24, 2.45) is 0 Å². The molecule has 0 spiro atoms. The zero-order chi connectivity index (χ0) is 16.4. The van der Waals surface area contributed by atoms with Crippen LogP contribution in [0.4, 0.5) is 0 Å². The fourth-order valence-electron chi connectivity index (χ4n) is 2.16. The number of carboxylic acids is 1. The minimum atomic E-state index is -1.09. The van der Waals surface area contributed by atoms with Gasteiger partial charge in [-0.25, -0.2) is 9.78 Å². The first-order chi connectivity index (χ1) is 11.0. The Morgan fingerprint density at radius 3 is 2.65 bits per heavy atom. The third-order valence-corrected chi connectivity index (χ3v) is 4.13. The first-order valence-electron chi connectivity index (χ1n) is 6.92. The lowest BCUT2D eigenvalue weighted by Gasteiger charge is -2.30. The molecule has 3 rings (SSSR count). The van der Waals surface area contributed by atoms with Crippen LogP contribution in [0.15, 0.2) is 29.6 Å². The smallest absolute Gasteiger partial charge is 0.355 e. The predicted molar refractivity (Wildman–Crippen MR) is 81.9 cm³/mol. The molecule has 0 saturated heterocycles. The van der Waals surface area contributed by atoms with Gasteiger partial charge in [-0.05, 0) is 19.1 Å². The lowest BCUT2D eigenvalue weighted by atomic mass is 10.1. The maximum atomic E-state index is 12.3. The fourth-order valence-corrected chi connectivity index (χ4v) is 2.87. The molecule has 7 nitrogen and oxygen atoms in total. The number of para-hydroxylation sites is 2. The van der Waals surface area contributed by atoms with Crippen LogP contribution in [0.3, 0.4) is 0 Å². The van der Waals surface area contributed by atoms with Gasteiger partial charge in [0.2, 0.25) is 6.10 Å². The van der Waals surface area contributed by atoms with Crippen LogP contribution in [-0.2, 0) is 11.3 Å². The number of rotatable bonds is 4. The maximum Gasteiger partial charge on any atom is 0.355 e. The van der Waals surface area contributed by atoms with E-state index in [2.05, 4.69) is 10.3 Å². The first kappa shape index (κ1) is 15.3. The van der Waals surface area contributed by atoms with Crippen molar-refractivity contribution >= 4 is 23.2 Å². The molecular formula is C15H14N2O5S. The summed E-state index contributed by atoms with van der Waals surface area (Å²) in [5.74, 6) is -0.296. The largest absolute Gasteiger partial charge is 0.482 e. The van der Waals surface area contributed by atoms with Crippen LogP contribution >= 0.6 is 11.3 Å². The van der Waals surface area contributed by atoms with Gasteiger partial charge in [-0.2, -0.15) is 0 Å². The van der Waals surface area contributed by atoms with Crippen molar-refractivity contribution < 1.29 is 24.2 Å². The van der Waals surface area contributed by atoms with Crippen molar-refractivity contribution in [2.45, 2.75) is 25.7 Å². The van der Waals surface area contributed by atoms with E-state index in [0.29, 0.717) is 16.5 Å². The molecule has 2 aromatic rings. The molecule has 0 bridgehead atoms. The molecule has 2 N–H and O–H groups in total. The van der Waals surface area contributed by atoms with Crippen molar-refractivity contribution in [3.8, 4) is 11.5 Å². The first-order valence-corrected chi connectivity index (χ1v) is 7.80. The third-order valence-electron chi connectivity index (χ3n) is 3.29. The molecule has 1 aliphatic heterocycles. The maximum absolute atomic E-state index is 12.3. The Hall–Kier alpha value is -2.61. The molecule has 2 heterocycles. The summed E-state index contributed by atoms with van der Waals surface area (Å²) in [6.45, 7) is 1.90. The normalized spacial score (nSPS) is 19.2. The van der Waals surface area contributed by atoms with Gasteiger partial charge in [0, 0.05) is 5.38 Å². The number of aromatic carboxylic acids is 1. The zero-order valence-corrected chi connectivity index (χ0v) is 13.0. The molecule has 0 unspecified atom stereocenters. The summed E-state index contributed by atoms with van der Waals surface area (Å²) in [6, 6.07) is 7.15. The Bertz CT molecular complexity index is 745. The predicted octanol–water partition coefficient (Wildman–Crippen LogP) is 1.69. The van der Waals surface area contributed by atoms with Crippen LogP contribution in [0.25, 0.3) is 0 Å². The summed E-state index contributed by atoms with van der Waals surface area (Å²) in [6.07, 6.45) is -1.21. The monoisotopic (exact) mass is 334 g/mol. The average molecular weight is 334 g/mol. The molecule has 1 aromatic carbocycles. The van der Waals surface area contributed by atoms with E-state index in [1.54, 1.807) is 25.1 Å². The highest BCUT2D eigenvalue weighted by Crippen LogP contribution is 2.33. The Morgan fingerprint density at radius 2 is 2.00 bits per heavy atom. The van der Waals surface area contributed by atoms with E-state index in [1.165, 1.54) is 16.7 Å². The lowest BCUT2D eigenvalue weighted by molar-refractivity contribution is -0.133. The number of fused-ring (bicyclic) bond motifs is 1. The van der Waals surface area contributed by atoms with Gasteiger partial charge in [-0.3, -0.25) is 4.79 Å². The standard InChI is InChI=1S/C15H14N2O5S/c1-8-13(22-11-5-3-2-4-10(11)21-8)14(18)16-6-12-17-9(7-23-12)15(19)20/h2-5,7-8,13H,6H2,1H3,(H,16,18)(H,19,20)/t8-,13+/m0/s1. The summed E-state index contributed by atoms with van der Waals surface area (Å²) < 4.78 is 11.4. The van der Waals surface area contributed by atoms with E-state index in [9.17, 15) is 9.59 Å². The molecule has 23 heavy (non-hydrogen) atoms. The van der Waals surface area contributed by atoms with Gasteiger partial charge in [-0.15, -0.1) is 11.3 Å². The highest BCUT2D eigenvalue weighted by atomic mass is 32.1. The van der Waals surface area contributed by atoms with Crippen molar-refractivity contribution in [1.82, 2.24) is 10.3 Å². The quantitative estimate of drug-likeness (QED) is 0.883. The summed E-state index contributed by atoms with van der Waals surface area (Å²) in [4.78, 5) is 27.0. The van der Waals surface area contributed by atoms with Crippen LogP contribution in [0.1, 0.15) is 22.4 Å². The highest BCUT2D eigenvalue weighted by Gasteiger charge is 2.33. The van der Waals surface area contributed by atoms with Gasteiger partial charge in [0.15, 0.2) is 17.2 Å². The zero-order valence-electron chi connectivity index (χ0n) is 12.2. The summed E-state index contributed by atoms with van der Waals surface area (Å²) in [5.41, 5.74) is -0.0289. The van der Waals surface area contributed by atoms with E-state index in [0.717, 1.165) is 0 Å². The number of nitrogens with zero attached hydrogens (tertiary/aromatic N) is 1. The van der Waals surface area contributed by atoms with E-state index in [1.807, 2.05) is 6.07 Å². The molecule has 0 radical (unpaired) electrons. The average Bonchev–Trinajstić information content (AvgIpc) is 3.01. The SMILES string of the molecule is C[C@@H]1Oc2ccccc2O[C@H]1C(=O)NCc1nc(C(=O)O)cs1. The topological polar surface area (TPSA) is 97.8 Å². The Kier molecular flexibility index (Phi) is 4.16. The van der Waals surface area contributed by atoms with Crippen molar-refractivity contribution in [2.75, 3.05) is 0 Å². The van der Waals surface area contributed by atoms with Gasteiger partial charge in [0.25, 0.3) is 5.91 Å². The number of carbonyl (C=O) groups excluding carboxylic acids is 1. The number of benzene rings is 1. The minimum absolute atomic E-state index is 0.0289. The molecule has 8 heteroatoms. The molecule has 2 atom stereocenters. The minimum Gasteiger partial charge on any atom is -0.482 e. The van der Waals surface area contributed by atoms with Gasteiger partial charge < -0.3 is 19.9 Å². The summed E-state index contributed by atoms with van der Waals surface area (Å²) in [5, 5.41) is 13.5. The van der Waals surface area contributed by atoms with Gasteiger partial charge in [0.1, 0.15) is 11.1 Å². The third kappa shape index (κ3) is 3.26. The lowest BCUT2D eigenvalue weighted by Crippen LogP contribution is -2.48. The van der Waals surface area contributed by atoms with Crippen LogP contribution in [-0.4, -0.2) is 34.2 Å². The van der Waals surface area contributed by atoms with Crippen LogP contribution in [0.2, 0.25) is 0 Å². The second-order valence-corrected chi connectivity index (χ2v) is 5.90. The number of thiazole rings is 1. The number of ether oxygens (including phenoxy) is 2. The molecule has 1 amide bonds. The molecule has 0 saturated carbocycles. The number of amides is 1. The van der Waals surface area contributed by atoms with E-state index in [-0.39, 0.29) is 18.1 Å². The second-order valence-electron chi connectivity index (χ2n) is 4.96. The van der Waals surface area contributed by atoms with Crippen LogP contribution < -0.4 is 14.8 Å². The number of carbonyl (C=O) groups is 2. The van der Waals surface area contributed by atoms with Crippen molar-refractivity contribution in [1.29, 1.82) is 0 Å². The number of nitrogens with one attached hydrogen (secondary N) is 1. The number of aromatic nitrogens is 1. The number of hydrogen-bond donors (Lipinski definition) is 2. The number of carboxylic acid groups (broad SMARTS) is 1. The summed E-state index contributed by atoms with van der Waals surface area (Å²) >= 11 is 1.18. The Morgan fingerprint density at radius 1 is 1.30 bits per heavy atom. The second kappa shape index (κ2) is 6.25. The van der Waals surface area contributed by atoms with Crippen LogP contribution in [0, 0.1) is 0 Å². The number of hydrogen-bond acceptors (Lipinski definition) is 6. The molecule has 0 fully saturated rings. The van der Waals surface area contributed by atoms with E-state index < -0.39 is 18.2 Å². The molecule has 1 aliphatic rings.